The molecule has 2 nitrogen and oxygen atoms in total. The summed E-state index contributed by atoms with van der Waals surface area (Å²) in [6.45, 7) is 7.93. The van der Waals surface area contributed by atoms with Gasteiger partial charge in [0.15, 0.2) is 0 Å². The Bertz CT molecular complexity index is 740. The Labute approximate surface area is 119 Å². The normalized spacial score (nSPS) is 16.8. The maximum absolute atomic E-state index is 12.2. The van der Waals surface area contributed by atoms with Gasteiger partial charge in [0.05, 0.1) is 11.2 Å². The topological polar surface area (TPSA) is 20.3 Å². The molecule has 2 aromatic rings. The quantitative estimate of drug-likeness (QED) is 0.692. The number of hydrogen-bond donors (Lipinski definition) is 0. The molecule has 1 amide bonds. The van der Waals surface area contributed by atoms with E-state index in [-0.39, 0.29) is 11.4 Å². The molecule has 1 aliphatic heterocycles. The van der Waals surface area contributed by atoms with Crippen molar-refractivity contribution in [3.8, 4) is 0 Å². The van der Waals surface area contributed by atoms with Gasteiger partial charge in [-0.25, -0.2) is 0 Å². The number of anilines is 1. The molecule has 0 aromatic heterocycles. The molecule has 0 atom stereocenters. The Morgan fingerprint density at radius 2 is 1.80 bits per heavy atom. The van der Waals surface area contributed by atoms with Crippen molar-refractivity contribution in [3.63, 3.8) is 0 Å². The molecule has 1 aliphatic rings. The molecule has 0 radical (unpaired) electrons. The highest BCUT2D eigenvalue weighted by Crippen LogP contribution is 2.43. The van der Waals surface area contributed by atoms with Crippen molar-refractivity contribution in [1.82, 2.24) is 0 Å². The highest BCUT2D eigenvalue weighted by Gasteiger charge is 2.34. The van der Waals surface area contributed by atoms with Crippen LogP contribution < -0.4 is 4.90 Å². The molecule has 0 fully saturated rings. The monoisotopic (exact) mass is 265 g/mol. The first-order valence-corrected chi connectivity index (χ1v) is 6.94. The number of benzene rings is 2. The second kappa shape index (κ2) is 4.20. The lowest BCUT2D eigenvalue weighted by atomic mass is 9.86. The summed E-state index contributed by atoms with van der Waals surface area (Å²) in [5, 5.41) is 2.31. The SMILES string of the molecule is CC(=O)N1c2c(ccc3ccccc23)C(C)=CC1(C)C. The van der Waals surface area contributed by atoms with Gasteiger partial charge in [0.2, 0.25) is 5.91 Å². The van der Waals surface area contributed by atoms with Gasteiger partial charge >= 0.3 is 0 Å². The molecule has 0 saturated heterocycles. The molecule has 2 aromatic carbocycles. The number of carbonyl (C=O) groups excluding carboxylic acids is 1. The van der Waals surface area contributed by atoms with E-state index in [1.807, 2.05) is 17.0 Å². The van der Waals surface area contributed by atoms with E-state index in [1.54, 1.807) is 6.92 Å². The van der Waals surface area contributed by atoms with Crippen LogP contribution in [0.2, 0.25) is 0 Å². The average Bonchev–Trinajstić information content (AvgIpc) is 2.36. The Morgan fingerprint density at radius 3 is 2.50 bits per heavy atom. The molecule has 2 heteroatoms. The second-order valence-corrected chi connectivity index (χ2v) is 6.02. The van der Waals surface area contributed by atoms with Gasteiger partial charge in [-0.15, -0.1) is 0 Å². The molecule has 0 spiro atoms. The maximum Gasteiger partial charge on any atom is 0.224 e. The van der Waals surface area contributed by atoms with E-state index in [2.05, 4.69) is 51.1 Å². The van der Waals surface area contributed by atoms with E-state index in [1.165, 1.54) is 11.0 Å². The van der Waals surface area contributed by atoms with Gasteiger partial charge in [-0.05, 0) is 31.7 Å². The Morgan fingerprint density at radius 1 is 1.10 bits per heavy atom. The summed E-state index contributed by atoms with van der Waals surface area (Å²) in [4.78, 5) is 14.1. The van der Waals surface area contributed by atoms with Crippen LogP contribution in [0.4, 0.5) is 5.69 Å². The second-order valence-electron chi connectivity index (χ2n) is 6.02. The van der Waals surface area contributed by atoms with Crippen molar-refractivity contribution in [2.45, 2.75) is 33.2 Å². The lowest BCUT2D eigenvalue weighted by Crippen LogP contribution is -2.48. The van der Waals surface area contributed by atoms with Gasteiger partial charge < -0.3 is 4.90 Å². The van der Waals surface area contributed by atoms with E-state index in [0.29, 0.717) is 0 Å². The molecular weight excluding hydrogens is 246 g/mol. The van der Waals surface area contributed by atoms with E-state index < -0.39 is 0 Å². The molecule has 3 rings (SSSR count). The van der Waals surface area contributed by atoms with E-state index in [9.17, 15) is 4.79 Å². The van der Waals surface area contributed by atoms with Crippen molar-refractivity contribution in [2.24, 2.45) is 0 Å². The molecule has 20 heavy (non-hydrogen) atoms. The Kier molecular flexibility index (Phi) is 2.72. The van der Waals surface area contributed by atoms with Crippen LogP contribution in [0, 0.1) is 0 Å². The summed E-state index contributed by atoms with van der Waals surface area (Å²) in [6, 6.07) is 12.5. The maximum atomic E-state index is 12.2. The van der Waals surface area contributed by atoms with Crippen molar-refractivity contribution in [3.05, 3.63) is 48.0 Å². The van der Waals surface area contributed by atoms with Crippen LogP contribution in [0.5, 0.6) is 0 Å². The first-order chi connectivity index (χ1) is 9.42. The third kappa shape index (κ3) is 1.75. The summed E-state index contributed by atoms with van der Waals surface area (Å²) in [5.41, 5.74) is 3.12. The van der Waals surface area contributed by atoms with E-state index in [0.717, 1.165) is 16.6 Å². The van der Waals surface area contributed by atoms with Crippen molar-refractivity contribution >= 4 is 27.9 Å². The number of allylic oxidation sites excluding steroid dienone is 1. The molecule has 0 aliphatic carbocycles. The Hall–Kier alpha value is -2.09. The van der Waals surface area contributed by atoms with E-state index in [4.69, 9.17) is 0 Å². The summed E-state index contributed by atoms with van der Waals surface area (Å²) < 4.78 is 0. The lowest BCUT2D eigenvalue weighted by Gasteiger charge is -2.41. The fourth-order valence-electron chi connectivity index (χ4n) is 3.34. The van der Waals surface area contributed by atoms with Gasteiger partial charge in [0, 0.05) is 17.9 Å². The molecule has 0 saturated carbocycles. The molecule has 1 heterocycles. The minimum atomic E-state index is -0.299. The summed E-state index contributed by atoms with van der Waals surface area (Å²) in [6.07, 6.45) is 2.17. The minimum absolute atomic E-state index is 0.0800. The van der Waals surface area contributed by atoms with Crippen molar-refractivity contribution in [2.75, 3.05) is 4.90 Å². The van der Waals surface area contributed by atoms with Crippen LogP contribution in [0.15, 0.2) is 42.5 Å². The van der Waals surface area contributed by atoms with Gasteiger partial charge in [-0.2, -0.15) is 0 Å². The predicted molar refractivity (Wildman–Crippen MR) is 84.8 cm³/mol. The highest BCUT2D eigenvalue weighted by molar-refractivity contribution is 6.09. The third-order valence-electron chi connectivity index (χ3n) is 4.01. The average molecular weight is 265 g/mol. The molecule has 102 valence electrons. The van der Waals surface area contributed by atoms with Gasteiger partial charge in [0.25, 0.3) is 0 Å². The van der Waals surface area contributed by atoms with Crippen LogP contribution in [0.1, 0.15) is 33.3 Å². The van der Waals surface area contributed by atoms with Crippen molar-refractivity contribution < 1.29 is 4.79 Å². The van der Waals surface area contributed by atoms with Crippen LogP contribution in [-0.4, -0.2) is 11.4 Å². The van der Waals surface area contributed by atoms with Crippen LogP contribution in [0.25, 0.3) is 16.3 Å². The number of carbonyl (C=O) groups is 1. The first-order valence-electron chi connectivity index (χ1n) is 6.94. The predicted octanol–water partition coefficient (Wildman–Crippen LogP) is 4.39. The zero-order valence-corrected chi connectivity index (χ0v) is 12.4. The third-order valence-corrected chi connectivity index (χ3v) is 4.01. The number of amides is 1. The smallest absolute Gasteiger partial charge is 0.224 e. The Balaban J connectivity index is 2.43. The minimum Gasteiger partial charge on any atom is -0.302 e. The lowest BCUT2D eigenvalue weighted by molar-refractivity contribution is -0.117. The zero-order valence-electron chi connectivity index (χ0n) is 12.4. The highest BCUT2D eigenvalue weighted by atomic mass is 16.2. The molecule has 0 bridgehead atoms. The zero-order chi connectivity index (χ0) is 14.5. The van der Waals surface area contributed by atoms with Crippen LogP contribution in [-0.2, 0) is 4.79 Å². The van der Waals surface area contributed by atoms with Gasteiger partial charge in [0.1, 0.15) is 0 Å². The fourth-order valence-corrected chi connectivity index (χ4v) is 3.34. The van der Waals surface area contributed by atoms with Gasteiger partial charge in [-0.3, -0.25) is 4.79 Å². The van der Waals surface area contributed by atoms with Crippen molar-refractivity contribution in [1.29, 1.82) is 0 Å². The van der Waals surface area contributed by atoms with E-state index >= 15 is 0 Å². The van der Waals surface area contributed by atoms with Crippen LogP contribution in [0.3, 0.4) is 0 Å². The van der Waals surface area contributed by atoms with Gasteiger partial charge in [-0.1, -0.05) is 42.5 Å². The first kappa shape index (κ1) is 12.9. The van der Waals surface area contributed by atoms with Crippen LogP contribution >= 0.6 is 0 Å². The largest absolute Gasteiger partial charge is 0.302 e. The molecule has 0 N–H and O–H groups in total. The fraction of sp³-hybridized carbons (Fsp3) is 0.278. The summed E-state index contributed by atoms with van der Waals surface area (Å²) >= 11 is 0. The summed E-state index contributed by atoms with van der Waals surface area (Å²) in [5.74, 6) is 0.0800. The number of hydrogen-bond acceptors (Lipinski definition) is 1. The number of rotatable bonds is 0. The summed E-state index contributed by atoms with van der Waals surface area (Å²) in [7, 11) is 0. The standard InChI is InChI=1S/C18H19NO/c1-12-11-18(3,4)19(13(2)20)17-15(12)10-9-14-7-5-6-8-16(14)17/h5-11H,1-4H3. The number of fused-ring (bicyclic) bond motifs is 3. The molecule has 0 unspecified atom stereocenters. The molecular formula is C18H19NO. The number of nitrogens with zero attached hydrogens (tertiary/aromatic N) is 1.